The average molecular weight is 456 g/mol. The van der Waals surface area contributed by atoms with Gasteiger partial charge in [0.1, 0.15) is 17.3 Å². The van der Waals surface area contributed by atoms with Crippen molar-refractivity contribution >= 4 is 17.5 Å². The Morgan fingerprint density at radius 3 is 2.81 bits per heavy atom. The van der Waals surface area contributed by atoms with Gasteiger partial charge in [-0.3, -0.25) is 9.69 Å². The molecule has 4 heterocycles. The van der Waals surface area contributed by atoms with Crippen LogP contribution in [0.5, 0.6) is 0 Å². The SMILES string of the molecule is O=C(NCc1nnc2n1CCN(Cc1ccc(-c3ccc(Cl)cc3)o1)CC2)C1CCOC1. The Labute approximate surface area is 191 Å². The summed E-state index contributed by atoms with van der Waals surface area (Å²) in [4.78, 5) is 14.6. The number of ether oxygens (including phenoxy) is 1. The number of fused-ring (bicyclic) bond motifs is 1. The minimum atomic E-state index is -0.0527. The van der Waals surface area contributed by atoms with Gasteiger partial charge in [-0.1, -0.05) is 11.6 Å². The number of hydrogen-bond donors (Lipinski definition) is 1. The topological polar surface area (TPSA) is 85.4 Å². The van der Waals surface area contributed by atoms with Crippen molar-refractivity contribution in [3.63, 3.8) is 0 Å². The highest BCUT2D eigenvalue weighted by Crippen LogP contribution is 2.25. The molecule has 2 aromatic heterocycles. The molecule has 8 nitrogen and oxygen atoms in total. The maximum atomic E-state index is 12.3. The highest BCUT2D eigenvalue weighted by molar-refractivity contribution is 6.30. The average Bonchev–Trinajstić information content (AvgIpc) is 3.54. The smallest absolute Gasteiger partial charge is 0.225 e. The Morgan fingerprint density at radius 2 is 2.00 bits per heavy atom. The molecule has 0 radical (unpaired) electrons. The van der Waals surface area contributed by atoms with E-state index in [1.54, 1.807) is 0 Å². The Morgan fingerprint density at radius 1 is 1.12 bits per heavy atom. The van der Waals surface area contributed by atoms with Gasteiger partial charge in [0, 0.05) is 43.2 Å². The van der Waals surface area contributed by atoms with Gasteiger partial charge in [-0.15, -0.1) is 10.2 Å². The van der Waals surface area contributed by atoms with Crippen LogP contribution >= 0.6 is 11.6 Å². The molecule has 9 heteroatoms. The molecule has 3 aromatic rings. The molecule has 1 saturated heterocycles. The van der Waals surface area contributed by atoms with Gasteiger partial charge in [-0.2, -0.15) is 0 Å². The molecule has 0 bridgehead atoms. The highest BCUT2D eigenvalue weighted by atomic mass is 35.5. The molecular formula is C23H26ClN5O3. The van der Waals surface area contributed by atoms with Crippen molar-refractivity contribution in [1.82, 2.24) is 25.0 Å². The van der Waals surface area contributed by atoms with E-state index in [-0.39, 0.29) is 11.8 Å². The first-order valence-electron chi connectivity index (χ1n) is 11.0. The van der Waals surface area contributed by atoms with Gasteiger partial charge in [-0.05, 0) is 42.8 Å². The van der Waals surface area contributed by atoms with Gasteiger partial charge in [-0.25, -0.2) is 0 Å². The molecule has 1 fully saturated rings. The number of carbonyl (C=O) groups is 1. The van der Waals surface area contributed by atoms with E-state index < -0.39 is 0 Å². The van der Waals surface area contributed by atoms with E-state index in [1.165, 1.54) is 0 Å². The molecule has 0 saturated carbocycles. The van der Waals surface area contributed by atoms with E-state index in [9.17, 15) is 4.79 Å². The van der Waals surface area contributed by atoms with Crippen LogP contribution in [-0.2, 0) is 35.6 Å². The number of nitrogens with zero attached hydrogens (tertiary/aromatic N) is 4. The standard InChI is InChI=1S/C23H26ClN5O3/c24-18-3-1-16(2-4-18)20-6-5-19(32-20)14-28-9-7-21-26-27-22(29(21)11-10-28)13-25-23(30)17-8-12-31-15-17/h1-6,17H,7-15H2,(H,25,30). The molecule has 5 rings (SSSR count). The van der Waals surface area contributed by atoms with Gasteiger partial charge in [0.05, 0.1) is 25.6 Å². The lowest BCUT2D eigenvalue weighted by Crippen LogP contribution is -2.32. The third kappa shape index (κ3) is 4.72. The monoisotopic (exact) mass is 455 g/mol. The zero-order valence-corrected chi connectivity index (χ0v) is 18.6. The van der Waals surface area contributed by atoms with Crippen molar-refractivity contribution in [3.8, 4) is 11.3 Å². The predicted molar refractivity (Wildman–Crippen MR) is 119 cm³/mol. The second-order valence-electron chi connectivity index (χ2n) is 8.26. The molecule has 32 heavy (non-hydrogen) atoms. The molecule has 1 amide bonds. The summed E-state index contributed by atoms with van der Waals surface area (Å²) in [6, 6.07) is 11.7. The number of furan rings is 1. The zero-order chi connectivity index (χ0) is 21.9. The van der Waals surface area contributed by atoms with Crippen LogP contribution in [0, 0.1) is 5.92 Å². The van der Waals surface area contributed by atoms with Gasteiger partial charge in [0.15, 0.2) is 5.82 Å². The minimum Gasteiger partial charge on any atom is -0.460 e. The third-order valence-electron chi connectivity index (χ3n) is 6.09. The van der Waals surface area contributed by atoms with Crippen LogP contribution in [0.25, 0.3) is 11.3 Å². The fourth-order valence-electron chi connectivity index (χ4n) is 4.22. The van der Waals surface area contributed by atoms with Gasteiger partial charge < -0.3 is 19.0 Å². The van der Waals surface area contributed by atoms with Crippen LogP contribution in [0.2, 0.25) is 5.02 Å². The number of aromatic nitrogens is 3. The first-order valence-corrected chi connectivity index (χ1v) is 11.4. The van der Waals surface area contributed by atoms with E-state index in [4.69, 9.17) is 20.8 Å². The van der Waals surface area contributed by atoms with E-state index in [1.807, 2.05) is 36.4 Å². The van der Waals surface area contributed by atoms with Crippen LogP contribution in [0.15, 0.2) is 40.8 Å². The largest absolute Gasteiger partial charge is 0.460 e. The Hall–Kier alpha value is -2.68. The molecule has 1 unspecified atom stereocenters. The number of carbonyl (C=O) groups excluding carboxylic acids is 1. The summed E-state index contributed by atoms with van der Waals surface area (Å²) in [5, 5.41) is 12.4. The summed E-state index contributed by atoms with van der Waals surface area (Å²) >= 11 is 5.98. The van der Waals surface area contributed by atoms with E-state index in [0.29, 0.717) is 24.8 Å². The maximum Gasteiger partial charge on any atom is 0.225 e. The van der Waals surface area contributed by atoms with Crippen LogP contribution in [-0.4, -0.2) is 51.9 Å². The number of hydrogen-bond acceptors (Lipinski definition) is 6. The number of halogens is 1. The summed E-state index contributed by atoms with van der Waals surface area (Å²) in [5.74, 6) is 3.51. The van der Waals surface area contributed by atoms with E-state index in [0.717, 1.165) is 67.8 Å². The Balaban J connectivity index is 1.18. The Kier molecular flexibility index (Phi) is 6.25. The minimum absolute atomic E-state index is 0.0319. The Bertz CT molecular complexity index is 1070. The quantitative estimate of drug-likeness (QED) is 0.615. The summed E-state index contributed by atoms with van der Waals surface area (Å²) in [7, 11) is 0. The van der Waals surface area contributed by atoms with Crippen LogP contribution < -0.4 is 5.32 Å². The van der Waals surface area contributed by atoms with Crippen molar-refractivity contribution in [2.75, 3.05) is 26.3 Å². The van der Waals surface area contributed by atoms with E-state index >= 15 is 0 Å². The molecule has 168 valence electrons. The maximum absolute atomic E-state index is 12.3. The van der Waals surface area contributed by atoms with Crippen molar-refractivity contribution in [2.24, 2.45) is 5.92 Å². The lowest BCUT2D eigenvalue weighted by molar-refractivity contribution is -0.125. The lowest BCUT2D eigenvalue weighted by Gasteiger charge is -2.18. The van der Waals surface area contributed by atoms with Crippen LogP contribution in [0.3, 0.4) is 0 Å². The fraction of sp³-hybridized carbons (Fsp3) is 0.435. The van der Waals surface area contributed by atoms with Crippen molar-refractivity contribution in [1.29, 1.82) is 0 Å². The second kappa shape index (κ2) is 9.44. The first kappa shape index (κ1) is 21.2. The second-order valence-corrected chi connectivity index (χ2v) is 8.70. The van der Waals surface area contributed by atoms with Crippen molar-refractivity contribution in [3.05, 3.63) is 58.8 Å². The van der Waals surface area contributed by atoms with Crippen molar-refractivity contribution < 1.29 is 13.9 Å². The fourth-order valence-corrected chi connectivity index (χ4v) is 4.35. The molecule has 2 aliphatic heterocycles. The van der Waals surface area contributed by atoms with E-state index in [2.05, 4.69) is 25.0 Å². The number of nitrogens with one attached hydrogen (secondary N) is 1. The number of amides is 1. The number of benzene rings is 1. The van der Waals surface area contributed by atoms with Crippen molar-refractivity contribution in [2.45, 2.75) is 32.5 Å². The summed E-state index contributed by atoms with van der Waals surface area (Å²) in [5.41, 5.74) is 1.01. The molecule has 0 spiro atoms. The lowest BCUT2D eigenvalue weighted by atomic mass is 10.1. The first-order chi connectivity index (χ1) is 15.7. The highest BCUT2D eigenvalue weighted by Gasteiger charge is 2.24. The molecule has 1 N–H and O–H groups in total. The summed E-state index contributed by atoms with van der Waals surface area (Å²) < 4.78 is 13.5. The summed E-state index contributed by atoms with van der Waals surface area (Å²) in [6.07, 6.45) is 1.59. The normalized spacial score (nSPS) is 19.0. The molecule has 0 aliphatic carbocycles. The van der Waals surface area contributed by atoms with Gasteiger partial charge >= 0.3 is 0 Å². The predicted octanol–water partition coefficient (Wildman–Crippen LogP) is 2.90. The van der Waals surface area contributed by atoms with Gasteiger partial charge in [0.2, 0.25) is 5.91 Å². The molecular weight excluding hydrogens is 430 g/mol. The van der Waals surface area contributed by atoms with Crippen LogP contribution in [0.4, 0.5) is 0 Å². The molecule has 2 aliphatic rings. The van der Waals surface area contributed by atoms with Gasteiger partial charge in [0.25, 0.3) is 0 Å². The zero-order valence-electron chi connectivity index (χ0n) is 17.8. The summed E-state index contributed by atoms with van der Waals surface area (Å²) in [6.45, 7) is 4.81. The third-order valence-corrected chi connectivity index (χ3v) is 6.34. The molecule has 1 atom stereocenters. The molecule has 1 aromatic carbocycles. The number of rotatable bonds is 6. The van der Waals surface area contributed by atoms with Crippen LogP contribution in [0.1, 0.15) is 23.8 Å².